The monoisotopic (exact) mass is 558 g/mol. The SMILES string of the molecule is COC(=O)CC[C@H](C)[C@@H]1CC[C@@H]2[C@@H]3CC[C@@H]4C[C@H](OS(=O)(=O)c5ccc(C)cc5)CC[C@]4(C)[C@@H]3CC(=O)[C@]21C. The first-order chi connectivity index (χ1) is 18.4. The number of hydrogen-bond donors (Lipinski definition) is 0. The molecule has 5 rings (SSSR count). The van der Waals surface area contributed by atoms with Gasteiger partial charge in [0.15, 0.2) is 0 Å². The van der Waals surface area contributed by atoms with Gasteiger partial charge in [0.1, 0.15) is 5.78 Å². The maximum atomic E-state index is 14.0. The van der Waals surface area contributed by atoms with Gasteiger partial charge in [-0.1, -0.05) is 38.5 Å². The summed E-state index contributed by atoms with van der Waals surface area (Å²) in [6.45, 7) is 8.76. The molecule has 7 heteroatoms. The number of esters is 1. The highest BCUT2D eigenvalue weighted by atomic mass is 32.2. The van der Waals surface area contributed by atoms with Crippen molar-refractivity contribution in [1.82, 2.24) is 0 Å². The Labute approximate surface area is 234 Å². The van der Waals surface area contributed by atoms with E-state index in [2.05, 4.69) is 20.8 Å². The third kappa shape index (κ3) is 5.00. The fraction of sp³-hybridized carbons (Fsp3) is 0.750. The zero-order valence-electron chi connectivity index (χ0n) is 24.3. The predicted octanol–water partition coefficient (Wildman–Crippen LogP) is 6.50. The van der Waals surface area contributed by atoms with E-state index in [1.165, 1.54) is 7.11 Å². The van der Waals surface area contributed by atoms with Crippen LogP contribution in [0.5, 0.6) is 0 Å². The Morgan fingerprint density at radius 3 is 2.46 bits per heavy atom. The summed E-state index contributed by atoms with van der Waals surface area (Å²) in [7, 11) is -2.36. The predicted molar refractivity (Wildman–Crippen MR) is 149 cm³/mol. The lowest BCUT2D eigenvalue weighted by Gasteiger charge is -2.60. The van der Waals surface area contributed by atoms with Crippen LogP contribution in [0.2, 0.25) is 0 Å². The highest BCUT2D eigenvalue weighted by Gasteiger charge is 2.64. The molecule has 6 nitrogen and oxygen atoms in total. The Morgan fingerprint density at radius 2 is 1.77 bits per heavy atom. The molecule has 4 saturated carbocycles. The summed E-state index contributed by atoms with van der Waals surface area (Å²) in [5.74, 6) is 2.57. The lowest BCUT2D eigenvalue weighted by atomic mass is 9.44. The number of benzene rings is 1. The van der Waals surface area contributed by atoms with Crippen molar-refractivity contribution >= 4 is 21.9 Å². The minimum absolute atomic E-state index is 0.0436. The molecule has 4 fully saturated rings. The molecule has 39 heavy (non-hydrogen) atoms. The van der Waals surface area contributed by atoms with E-state index >= 15 is 0 Å². The van der Waals surface area contributed by atoms with Crippen molar-refractivity contribution in [2.24, 2.45) is 46.3 Å². The van der Waals surface area contributed by atoms with E-state index in [-0.39, 0.29) is 27.8 Å². The second-order valence-electron chi connectivity index (χ2n) is 13.6. The number of carbonyl (C=O) groups is 2. The molecule has 0 aromatic heterocycles. The third-order valence-corrected chi connectivity index (χ3v) is 13.2. The molecule has 0 unspecified atom stereocenters. The van der Waals surface area contributed by atoms with E-state index in [1.807, 2.05) is 6.92 Å². The van der Waals surface area contributed by atoms with E-state index in [4.69, 9.17) is 8.92 Å². The molecule has 0 saturated heterocycles. The van der Waals surface area contributed by atoms with Gasteiger partial charge < -0.3 is 4.74 Å². The molecule has 0 heterocycles. The lowest BCUT2D eigenvalue weighted by Crippen LogP contribution is -2.57. The molecule has 0 aliphatic heterocycles. The van der Waals surface area contributed by atoms with Gasteiger partial charge in [-0.05, 0) is 111 Å². The van der Waals surface area contributed by atoms with Crippen molar-refractivity contribution in [3.05, 3.63) is 29.8 Å². The molecule has 1 aromatic rings. The topological polar surface area (TPSA) is 86.7 Å². The first kappa shape index (κ1) is 28.8. The zero-order chi connectivity index (χ0) is 28.2. The number of ketones is 1. The van der Waals surface area contributed by atoms with Gasteiger partial charge >= 0.3 is 5.97 Å². The van der Waals surface area contributed by atoms with Crippen LogP contribution in [0.1, 0.15) is 90.5 Å². The Kier molecular flexibility index (Phi) is 7.82. The maximum absolute atomic E-state index is 14.0. The Morgan fingerprint density at radius 1 is 1.05 bits per heavy atom. The first-order valence-electron chi connectivity index (χ1n) is 15.0. The second-order valence-corrected chi connectivity index (χ2v) is 15.2. The number of hydrogen-bond acceptors (Lipinski definition) is 6. The molecule has 0 spiro atoms. The third-order valence-electron chi connectivity index (χ3n) is 11.8. The minimum Gasteiger partial charge on any atom is -0.469 e. The summed E-state index contributed by atoms with van der Waals surface area (Å²) in [5.41, 5.74) is 0.756. The van der Waals surface area contributed by atoms with E-state index in [1.54, 1.807) is 24.3 Å². The number of rotatable bonds is 7. The molecular formula is C32H46O6S. The molecule has 0 amide bonds. The molecular weight excluding hydrogens is 512 g/mol. The molecule has 4 aliphatic rings. The van der Waals surface area contributed by atoms with Crippen LogP contribution in [-0.2, 0) is 28.6 Å². The molecule has 4 aliphatic carbocycles. The first-order valence-corrected chi connectivity index (χ1v) is 16.4. The molecule has 0 radical (unpaired) electrons. The quantitative estimate of drug-likeness (QED) is 0.281. The van der Waals surface area contributed by atoms with Gasteiger partial charge in [-0.3, -0.25) is 13.8 Å². The van der Waals surface area contributed by atoms with E-state index in [0.29, 0.717) is 60.6 Å². The van der Waals surface area contributed by atoms with Crippen LogP contribution in [0.4, 0.5) is 0 Å². The van der Waals surface area contributed by atoms with Gasteiger partial charge in [0.25, 0.3) is 10.1 Å². The highest BCUT2D eigenvalue weighted by molar-refractivity contribution is 7.86. The summed E-state index contributed by atoms with van der Waals surface area (Å²) in [4.78, 5) is 26.0. The van der Waals surface area contributed by atoms with E-state index in [0.717, 1.165) is 50.5 Å². The van der Waals surface area contributed by atoms with Crippen molar-refractivity contribution in [2.75, 3.05) is 7.11 Å². The van der Waals surface area contributed by atoms with Crippen molar-refractivity contribution in [3.8, 4) is 0 Å². The average Bonchev–Trinajstić information content (AvgIpc) is 3.26. The average molecular weight is 559 g/mol. The van der Waals surface area contributed by atoms with Gasteiger partial charge in [-0.25, -0.2) is 0 Å². The number of Topliss-reactive ketones (excluding diaryl/α,β-unsaturated/α-hetero) is 1. The van der Waals surface area contributed by atoms with Crippen LogP contribution in [0.15, 0.2) is 29.2 Å². The molecule has 0 N–H and O–H groups in total. The van der Waals surface area contributed by atoms with E-state index < -0.39 is 10.1 Å². The fourth-order valence-electron chi connectivity index (χ4n) is 9.54. The number of aryl methyl sites for hydroxylation is 1. The van der Waals surface area contributed by atoms with Crippen molar-refractivity contribution in [1.29, 1.82) is 0 Å². The number of methoxy groups -OCH3 is 1. The van der Waals surface area contributed by atoms with Gasteiger partial charge in [0.05, 0.1) is 18.1 Å². The van der Waals surface area contributed by atoms with E-state index in [9.17, 15) is 18.0 Å². The fourth-order valence-corrected chi connectivity index (χ4v) is 10.7. The van der Waals surface area contributed by atoms with Crippen LogP contribution in [0.25, 0.3) is 0 Å². The summed E-state index contributed by atoms with van der Waals surface area (Å²) in [5, 5.41) is 0. The molecule has 1 aromatic carbocycles. The van der Waals surface area contributed by atoms with Crippen molar-refractivity contribution < 1.29 is 26.9 Å². The molecule has 216 valence electrons. The lowest BCUT2D eigenvalue weighted by molar-refractivity contribution is -0.160. The number of ether oxygens (including phenoxy) is 1. The Balaban J connectivity index is 1.28. The summed E-state index contributed by atoms with van der Waals surface area (Å²) in [6.07, 6.45) is 8.22. The van der Waals surface area contributed by atoms with Crippen LogP contribution < -0.4 is 0 Å². The summed E-state index contributed by atoms with van der Waals surface area (Å²) < 4.78 is 36.6. The van der Waals surface area contributed by atoms with Crippen LogP contribution in [-0.4, -0.2) is 33.4 Å². The normalized spacial score (nSPS) is 38.8. The molecule has 0 bridgehead atoms. The summed E-state index contributed by atoms with van der Waals surface area (Å²) >= 11 is 0. The smallest absolute Gasteiger partial charge is 0.305 e. The maximum Gasteiger partial charge on any atom is 0.305 e. The standard InChI is InChI=1S/C32H46O6S/c1-20-6-10-24(11-7-20)39(35,36)38-23-16-17-31(3)22(18-23)9-12-25-27-14-13-26(21(2)8-15-30(34)37-5)32(27,4)29(33)19-28(25)31/h6-7,10-11,21-23,25-28H,8-9,12-19H2,1-5H3/t21-,22+,23+,25-,26-,27+,28+,31-,32-/m0/s1. The Hall–Kier alpha value is -1.73. The van der Waals surface area contributed by atoms with Gasteiger partial charge in [0.2, 0.25) is 0 Å². The van der Waals surface area contributed by atoms with Crippen LogP contribution >= 0.6 is 0 Å². The van der Waals surface area contributed by atoms with Crippen molar-refractivity contribution in [2.45, 2.75) is 103 Å². The highest BCUT2D eigenvalue weighted by Crippen LogP contribution is 2.67. The summed E-state index contributed by atoms with van der Waals surface area (Å²) in [6, 6.07) is 6.85. The minimum atomic E-state index is -3.80. The number of carbonyl (C=O) groups excluding carboxylic acids is 2. The largest absolute Gasteiger partial charge is 0.469 e. The van der Waals surface area contributed by atoms with Crippen LogP contribution in [0.3, 0.4) is 0 Å². The Bertz CT molecular complexity index is 1190. The van der Waals surface area contributed by atoms with Gasteiger partial charge in [0, 0.05) is 18.3 Å². The number of fused-ring (bicyclic) bond motifs is 5. The van der Waals surface area contributed by atoms with Gasteiger partial charge in [-0.15, -0.1) is 0 Å². The van der Waals surface area contributed by atoms with Gasteiger partial charge in [-0.2, -0.15) is 8.42 Å². The van der Waals surface area contributed by atoms with Crippen molar-refractivity contribution in [3.63, 3.8) is 0 Å². The molecule has 9 atom stereocenters. The van der Waals surface area contributed by atoms with Crippen LogP contribution in [0, 0.1) is 53.3 Å². The zero-order valence-corrected chi connectivity index (χ0v) is 25.1. The second kappa shape index (κ2) is 10.6.